The highest BCUT2D eigenvalue weighted by Gasteiger charge is 2.06. The molecule has 88 valence electrons. The van der Waals surface area contributed by atoms with E-state index in [0.29, 0.717) is 11.7 Å². The molecular formula is C12H17ClN2O. The standard InChI is InChI=1S/C12H17ClN2O/c1-2-3-4-8-15(10-16)12-7-5-6-11(9-13)14-12/h5-7,10H,2-4,8-9H2,1H3. The normalized spacial score (nSPS) is 10.1. The zero-order valence-electron chi connectivity index (χ0n) is 9.53. The lowest BCUT2D eigenvalue weighted by atomic mass is 10.2. The van der Waals surface area contributed by atoms with Crippen LogP contribution < -0.4 is 4.90 Å². The van der Waals surface area contributed by atoms with Crippen molar-refractivity contribution in [2.75, 3.05) is 11.4 Å². The molecule has 0 atom stereocenters. The van der Waals surface area contributed by atoms with Crippen molar-refractivity contribution in [3.8, 4) is 0 Å². The Bertz CT molecular complexity index is 331. The molecular weight excluding hydrogens is 224 g/mol. The number of carbonyl (C=O) groups is 1. The molecule has 0 bridgehead atoms. The Hall–Kier alpha value is -1.09. The summed E-state index contributed by atoms with van der Waals surface area (Å²) in [5.74, 6) is 1.06. The molecule has 1 rings (SSSR count). The third-order valence-electron chi connectivity index (χ3n) is 2.35. The van der Waals surface area contributed by atoms with Crippen LogP contribution in [0.4, 0.5) is 5.82 Å². The third kappa shape index (κ3) is 3.81. The molecule has 0 spiro atoms. The lowest BCUT2D eigenvalue weighted by Gasteiger charge is -2.16. The number of hydrogen-bond acceptors (Lipinski definition) is 2. The highest BCUT2D eigenvalue weighted by Crippen LogP contribution is 2.12. The number of alkyl halides is 1. The predicted molar refractivity (Wildman–Crippen MR) is 66.7 cm³/mol. The van der Waals surface area contributed by atoms with Crippen LogP contribution in [0, 0.1) is 0 Å². The Morgan fingerprint density at radius 2 is 2.25 bits per heavy atom. The quantitative estimate of drug-likeness (QED) is 0.417. The highest BCUT2D eigenvalue weighted by molar-refractivity contribution is 6.16. The van der Waals surface area contributed by atoms with Crippen LogP contribution in [0.25, 0.3) is 0 Å². The van der Waals surface area contributed by atoms with Crippen LogP contribution in [-0.4, -0.2) is 17.9 Å². The van der Waals surface area contributed by atoms with Crippen LogP contribution in [-0.2, 0) is 10.7 Å². The molecule has 0 saturated heterocycles. The fourth-order valence-corrected chi connectivity index (χ4v) is 1.60. The van der Waals surface area contributed by atoms with Crippen molar-refractivity contribution in [1.29, 1.82) is 0 Å². The minimum Gasteiger partial charge on any atom is -0.299 e. The molecule has 1 amide bonds. The lowest BCUT2D eigenvalue weighted by Crippen LogP contribution is -2.23. The molecule has 0 fully saturated rings. The Morgan fingerprint density at radius 3 is 2.88 bits per heavy atom. The summed E-state index contributed by atoms with van der Waals surface area (Å²) >= 11 is 5.70. The number of hydrogen-bond donors (Lipinski definition) is 0. The molecule has 1 aromatic heterocycles. The maximum atomic E-state index is 11.0. The second-order valence-corrected chi connectivity index (χ2v) is 3.89. The molecule has 0 aliphatic heterocycles. The Morgan fingerprint density at radius 1 is 1.44 bits per heavy atom. The first-order valence-corrected chi connectivity index (χ1v) is 6.09. The molecule has 0 unspecified atom stereocenters. The summed E-state index contributed by atoms with van der Waals surface area (Å²) in [6.45, 7) is 2.85. The summed E-state index contributed by atoms with van der Waals surface area (Å²) < 4.78 is 0. The van der Waals surface area contributed by atoms with Crippen molar-refractivity contribution < 1.29 is 4.79 Å². The first kappa shape index (κ1) is 13.0. The molecule has 0 aromatic carbocycles. The summed E-state index contributed by atoms with van der Waals surface area (Å²) in [7, 11) is 0. The molecule has 16 heavy (non-hydrogen) atoms. The Labute approximate surface area is 101 Å². The van der Waals surface area contributed by atoms with Crippen molar-refractivity contribution in [2.24, 2.45) is 0 Å². The van der Waals surface area contributed by atoms with Gasteiger partial charge in [0.2, 0.25) is 6.41 Å². The molecule has 0 aliphatic carbocycles. The van der Waals surface area contributed by atoms with Crippen molar-refractivity contribution in [2.45, 2.75) is 32.1 Å². The van der Waals surface area contributed by atoms with Gasteiger partial charge in [-0.2, -0.15) is 0 Å². The predicted octanol–water partition coefficient (Wildman–Crippen LogP) is 2.97. The fourth-order valence-electron chi connectivity index (χ4n) is 1.45. The van der Waals surface area contributed by atoms with Crippen molar-refractivity contribution in [3.63, 3.8) is 0 Å². The molecule has 4 heteroatoms. The summed E-state index contributed by atoms with van der Waals surface area (Å²) in [4.78, 5) is 16.9. The number of nitrogens with zero attached hydrogens (tertiary/aromatic N) is 2. The van der Waals surface area contributed by atoms with E-state index in [-0.39, 0.29) is 0 Å². The van der Waals surface area contributed by atoms with Gasteiger partial charge in [-0.15, -0.1) is 11.6 Å². The van der Waals surface area contributed by atoms with Gasteiger partial charge in [0.15, 0.2) is 0 Å². The van der Waals surface area contributed by atoms with Gasteiger partial charge >= 0.3 is 0 Å². The Kier molecular flexibility index (Phi) is 5.86. The average molecular weight is 241 g/mol. The topological polar surface area (TPSA) is 33.2 Å². The van der Waals surface area contributed by atoms with Crippen molar-refractivity contribution in [1.82, 2.24) is 4.98 Å². The van der Waals surface area contributed by atoms with Gasteiger partial charge in [-0.3, -0.25) is 9.69 Å². The van der Waals surface area contributed by atoms with E-state index in [1.54, 1.807) is 4.90 Å². The van der Waals surface area contributed by atoms with E-state index in [0.717, 1.165) is 37.9 Å². The number of unbranched alkanes of at least 4 members (excludes halogenated alkanes) is 2. The molecule has 0 radical (unpaired) electrons. The number of anilines is 1. The minimum absolute atomic E-state index is 0.371. The largest absolute Gasteiger partial charge is 0.299 e. The number of halogens is 1. The molecule has 0 N–H and O–H groups in total. The number of amides is 1. The number of rotatable bonds is 7. The van der Waals surface area contributed by atoms with E-state index in [4.69, 9.17) is 11.6 Å². The highest BCUT2D eigenvalue weighted by atomic mass is 35.5. The summed E-state index contributed by atoms with van der Waals surface area (Å²) in [6.07, 6.45) is 4.10. The van der Waals surface area contributed by atoms with E-state index in [1.165, 1.54) is 0 Å². The van der Waals surface area contributed by atoms with E-state index in [9.17, 15) is 4.79 Å². The van der Waals surface area contributed by atoms with Gasteiger partial charge in [-0.25, -0.2) is 4.98 Å². The van der Waals surface area contributed by atoms with Gasteiger partial charge in [-0.1, -0.05) is 25.8 Å². The molecule has 0 saturated carbocycles. The second-order valence-electron chi connectivity index (χ2n) is 3.63. The van der Waals surface area contributed by atoms with Gasteiger partial charge in [0.25, 0.3) is 0 Å². The van der Waals surface area contributed by atoms with Crippen LogP contribution in [0.2, 0.25) is 0 Å². The van der Waals surface area contributed by atoms with E-state index >= 15 is 0 Å². The Balaban J connectivity index is 2.66. The van der Waals surface area contributed by atoms with E-state index in [1.807, 2.05) is 18.2 Å². The summed E-state index contributed by atoms with van der Waals surface area (Å²) in [5, 5.41) is 0. The molecule has 0 aliphatic rings. The van der Waals surface area contributed by atoms with Crippen LogP contribution in [0.5, 0.6) is 0 Å². The number of pyridine rings is 1. The number of aromatic nitrogens is 1. The average Bonchev–Trinajstić information content (AvgIpc) is 2.35. The maximum absolute atomic E-state index is 11.0. The third-order valence-corrected chi connectivity index (χ3v) is 2.63. The smallest absolute Gasteiger partial charge is 0.215 e. The molecule has 1 heterocycles. The van der Waals surface area contributed by atoms with Gasteiger partial charge < -0.3 is 0 Å². The number of carbonyl (C=O) groups excluding carboxylic acids is 1. The summed E-state index contributed by atoms with van der Waals surface area (Å²) in [5.41, 5.74) is 0.793. The zero-order chi connectivity index (χ0) is 11.8. The van der Waals surface area contributed by atoms with Crippen LogP contribution in [0.3, 0.4) is 0 Å². The van der Waals surface area contributed by atoms with Crippen molar-refractivity contribution >= 4 is 23.8 Å². The molecule has 1 aromatic rings. The fraction of sp³-hybridized carbons (Fsp3) is 0.500. The van der Waals surface area contributed by atoms with E-state index in [2.05, 4.69) is 11.9 Å². The van der Waals surface area contributed by atoms with Crippen molar-refractivity contribution in [3.05, 3.63) is 23.9 Å². The summed E-state index contributed by atoms with van der Waals surface area (Å²) in [6, 6.07) is 5.55. The van der Waals surface area contributed by atoms with Gasteiger partial charge in [-0.05, 0) is 18.6 Å². The van der Waals surface area contributed by atoms with Gasteiger partial charge in [0.05, 0.1) is 11.6 Å². The minimum atomic E-state index is 0.371. The van der Waals surface area contributed by atoms with Crippen LogP contribution in [0.1, 0.15) is 31.9 Å². The van der Waals surface area contributed by atoms with Crippen LogP contribution in [0.15, 0.2) is 18.2 Å². The maximum Gasteiger partial charge on any atom is 0.215 e. The first-order chi connectivity index (χ1) is 7.81. The SMILES string of the molecule is CCCCCN(C=O)c1cccc(CCl)n1. The molecule has 3 nitrogen and oxygen atoms in total. The lowest BCUT2D eigenvalue weighted by molar-refractivity contribution is -0.107. The van der Waals surface area contributed by atoms with Gasteiger partial charge in [0, 0.05) is 6.54 Å². The zero-order valence-corrected chi connectivity index (χ0v) is 10.3. The second kappa shape index (κ2) is 7.23. The van der Waals surface area contributed by atoms with E-state index < -0.39 is 0 Å². The monoisotopic (exact) mass is 240 g/mol. The first-order valence-electron chi connectivity index (χ1n) is 5.55. The van der Waals surface area contributed by atoms with Gasteiger partial charge in [0.1, 0.15) is 5.82 Å². The van der Waals surface area contributed by atoms with Crippen LogP contribution >= 0.6 is 11.6 Å².